The van der Waals surface area contributed by atoms with Crippen LogP contribution in [0.2, 0.25) is 0 Å². The molecule has 1 heterocycles. The van der Waals surface area contributed by atoms with Crippen LogP contribution in [0.25, 0.3) is 5.69 Å². The van der Waals surface area contributed by atoms with Gasteiger partial charge in [-0.25, -0.2) is 13.5 Å². The smallest absolute Gasteiger partial charge is 0.292 e. The second-order valence-electron chi connectivity index (χ2n) is 6.90. The first kappa shape index (κ1) is 20.4. The molecule has 0 aliphatic rings. The molecule has 1 atom stereocenters. The fourth-order valence-electron chi connectivity index (χ4n) is 3.28. The zero-order valence-corrected chi connectivity index (χ0v) is 16.4. The number of Topliss-reactive ketones (excluding diaryl/α,β-unsaturated/α-hetero) is 1. The summed E-state index contributed by atoms with van der Waals surface area (Å²) in [5, 5.41) is 6.90. The molecule has 5 nitrogen and oxygen atoms in total. The number of aryl methyl sites for hydroxylation is 1. The Hall–Kier alpha value is -3.35. The molecule has 0 saturated heterocycles. The van der Waals surface area contributed by atoms with Gasteiger partial charge in [-0.1, -0.05) is 24.3 Å². The fourth-order valence-corrected chi connectivity index (χ4v) is 3.28. The van der Waals surface area contributed by atoms with Gasteiger partial charge in [-0.2, -0.15) is 5.10 Å². The van der Waals surface area contributed by atoms with E-state index in [1.807, 2.05) is 30.3 Å². The van der Waals surface area contributed by atoms with Crippen LogP contribution in [0.3, 0.4) is 0 Å². The number of amides is 1. The van der Waals surface area contributed by atoms with Crippen LogP contribution in [0, 0.1) is 25.5 Å². The van der Waals surface area contributed by atoms with Gasteiger partial charge in [0.15, 0.2) is 0 Å². The van der Waals surface area contributed by atoms with Crippen molar-refractivity contribution in [1.29, 1.82) is 0 Å². The first-order valence-electron chi connectivity index (χ1n) is 9.19. The Labute approximate surface area is 167 Å². The van der Waals surface area contributed by atoms with Crippen LogP contribution < -0.4 is 5.32 Å². The number of halogens is 2. The third-order valence-electron chi connectivity index (χ3n) is 4.67. The largest absolute Gasteiger partial charge is 0.346 e. The highest BCUT2D eigenvalue weighted by Gasteiger charge is 2.26. The first-order valence-corrected chi connectivity index (χ1v) is 9.19. The van der Waals surface area contributed by atoms with Crippen LogP contribution in [0.1, 0.15) is 34.2 Å². The lowest BCUT2D eigenvalue weighted by molar-refractivity contribution is -0.117. The normalized spacial score (nSPS) is 11.9. The highest BCUT2D eigenvalue weighted by Crippen LogP contribution is 2.19. The van der Waals surface area contributed by atoms with E-state index < -0.39 is 29.4 Å². The molecule has 0 aliphatic heterocycles. The van der Waals surface area contributed by atoms with E-state index in [1.54, 1.807) is 25.5 Å². The van der Waals surface area contributed by atoms with Crippen molar-refractivity contribution in [2.45, 2.75) is 33.2 Å². The van der Waals surface area contributed by atoms with Crippen molar-refractivity contribution in [2.75, 3.05) is 0 Å². The van der Waals surface area contributed by atoms with Crippen LogP contribution in [-0.4, -0.2) is 27.5 Å². The predicted molar refractivity (Wildman–Crippen MR) is 105 cm³/mol. The van der Waals surface area contributed by atoms with Crippen molar-refractivity contribution >= 4 is 11.7 Å². The summed E-state index contributed by atoms with van der Waals surface area (Å²) < 4.78 is 29.2. The van der Waals surface area contributed by atoms with Crippen LogP contribution in [-0.2, 0) is 11.2 Å². The first-order chi connectivity index (χ1) is 13.8. The second kappa shape index (κ2) is 8.34. The zero-order valence-electron chi connectivity index (χ0n) is 16.4. The molecule has 1 N–H and O–H groups in total. The summed E-state index contributed by atoms with van der Waals surface area (Å²) in [7, 11) is 0. The number of nitrogens with one attached hydrogen (secondary N) is 1. The average molecular weight is 397 g/mol. The summed E-state index contributed by atoms with van der Waals surface area (Å²) in [6.07, 6.45) is -0.0707. The van der Waals surface area contributed by atoms with E-state index in [-0.39, 0.29) is 17.5 Å². The monoisotopic (exact) mass is 397 g/mol. The van der Waals surface area contributed by atoms with E-state index in [4.69, 9.17) is 0 Å². The third kappa shape index (κ3) is 4.23. The van der Waals surface area contributed by atoms with Crippen LogP contribution in [0.15, 0.2) is 48.5 Å². The molecule has 29 heavy (non-hydrogen) atoms. The SMILES string of the molecule is Cc1nn(-c2ccccc2)c(C)c1C(=O)C(=O)NC(C)Cc1c(F)cccc1F. The van der Waals surface area contributed by atoms with Gasteiger partial charge in [0.2, 0.25) is 0 Å². The molecule has 2 aromatic carbocycles. The topological polar surface area (TPSA) is 64.0 Å². The van der Waals surface area contributed by atoms with Gasteiger partial charge in [0.05, 0.1) is 22.6 Å². The molecule has 1 amide bonds. The van der Waals surface area contributed by atoms with Gasteiger partial charge < -0.3 is 5.32 Å². The Bertz CT molecular complexity index is 1040. The predicted octanol–water partition coefficient (Wildman–Crippen LogP) is 3.70. The van der Waals surface area contributed by atoms with Gasteiger partial charge >= 0.3 is 0 Å². The van der Waals surface area contributed by atoms with Crippen LogP contribution >= 0.6 is 0 Å². The quantitative estimate of drug-likeness (QED) is 0.510. The van der Waals surface area contributed by atoms with Crippen molar-refractivity contribution in [3.63, 3.8) is 0 Å². The maximum absolute atomic E-state index is 13.8. The molecule has 0 spiro atoms. The lowest BCUT2D eigenvalue weighted by Gasteiger charge is -2.14. The molecule has 0 saturated carbocycles. The van der Waals surface area contributed by atoms with Crippen molar-refractivity contribution in [2.24, 2.45) is 0 Å². The van der Waals surface area contributed by atoms with Gasteiger partial charge in [0.25, 0.3) is 11.7 Å². The average Bonchev–Trinajstić information content (AvgIpc) is 2.99. The standard InChI is InChI=1S/C22H21F2N3O2/c1-13(12-17-18(23)10-7-11-19(17)24)25-22(29)21(28)20-14(2)26-27(15(20)3)16-8-5-4-6-9-16/h4-11,13H,12H2,1-3H3,(H,25,29). The Morgan fingerprint density at radius 3 is 2.28 bits per heavy atom. The Balaban J connectivity index is 1.77. The van der Waals surface area contributed by atoms with Gasteiger partial charge in [-0.3, -0.25) is 9.59 Å². The van der Waals surface area contributed by atoms with Crippen molar-refractivity contribution in [1.82, 2.24) is 15.1 Å². The number of carbonyl (C=O) groups excluding carboxylic acids is 2. The van der Waals surface area contributed by atoms with Gasteiger partial charge in [-0.05, 0) is 51.5 Å². The molecule has 0 fully saturated rings. The summed E-state index contributed by atoms with van der Waals surface area (Å²) in [4.78, 5) is 25.2. The van der Waals surface area contributed by atoms with Gasteiger partial charge in [0, 0.05) is 11.6 Å². The van der Waals surface area contributed by atoms with Crippen LogP contribution in [0.5, 0.6) is 0 Å². The van der Waals surface area contributed by atoms with Crippen molar-refractivity contribution < 1.29 is 18.4 Å². The Morgan fingerprint density at radius 1 is 1.03 bits per heavy atom. The second-order valence-corrected chi connectivity index (χ2v) is 6.90. The lowest BCUT2D eigenvalue weighted by Crippen LogP contribution is -2.39. The number of hydrogen-bond donors (Lipinski definition) is 1. The Morgan fingerprint density at radius 2 is 1.66 bits per heavy atom. The van der Waals surface area contributed by atoms with E-state index in [0.717, 1.165) is 17.8 Å². The molecule has 150 valence electrons. The molecule has 0 radical (unpaired) electrons. The van der Waals surface area contributed by atoms with E-state index in [0.29, 0.717) is 11.4 Å². The third-order valence-corrected chi connectivity index (χ3v) is 4.67. The highest BCUT2D eigenvalue weighted by molar-refractivity contribution is 6.43. The summed E-state index contributed by atoms with van der Waals surface area (Å²) in [6, 6.07) is 12.2. The van der Waals surface area contributed by atoms with E-state index in [2.05, 4.69) is 10.4 Å². The number of carbonyl (C=O) groups is 2. The number of hydrogen-bond acceptors (Lipinski definition) is 3. The molecule has 0 aliphatic carbocycles. The minimum absolute atomic E-state index is 0.0707. The molecule has 7 heteroatoms. The number of benzene rings is 2. The number of aromatic nitrogens is 2. The van der Waals surface area contributed by atoms with Crippen molar-refractivity contribution in [3.8, 4) is 5.69 Å². The molecule has 1 aromatic heterocycles. The van der Waals surface area contributed by atoms with Crippen molar-refractivity contribution in [3.05, 3.63) is 82.7 Å². The van der Waals surface area contributed by atoms with Gasteiger partial charge in [-0.15, -0.1) is 0 Å². The highest BCUT2D eigenvalue weighted by atomic mass is 19.1. The van der Waals surface area contributed by atoms with Gasteiger partial charge in [0.1, 0.15) is 11.6 Å². The summed E-state index contributed by atoms with van der Waals surface area (Å²) >= 11 is 0. The minimum atomic E-state index is -0.840. The molecule has 3 rings (SSSR count). The minimum Gasteiger partial charge on any atom is -0.346 e. The number of rotatable bonds is 6. The Kier molecular flexibility index (Phi) is 5.87. The maximum atomic E-state index is 13.8. The van der Waals surface area contributed by atoms with E-state index >= 15 is 0 Å². The fraction of sp³-hybridized carbons (Fsp3) is 0.227. The number of nitrogens with zero attached hydrogens (tertiary/aromatic N) is 2. The summed E-state index contributed by atoms with van der Waals surface area (Å²) in [6.45, 7) is 4.96. The van der Waals surface area contributed by atoms with E-state index in [1.165, 1.54) is 6.07 Å². The summed E-state index contributed by atoms with van der Waals surface area (Å²) in [5.74, 6) is -2.95. The lowest BCUT2D eigenvalue weighted by atomic mass is 10.0. The zero-order chi connectivity index (χ0) is 21.1. The maximum Gasteiger partial charge on any atom is 0.292 e. The number of para-hydroxylation sites is 1. The molecule has 3 aromatic rings. The van der Waals surface area contributed by atoms with E-state index in [9.17, 15) is 18.4 Å². The van der Waals surface area contributed by atoms with Crippen LogP contribution in [0.4, 0.5) is 8.78 Å². The number of ketones is 1. The summed E-state index contributed by atoms with van der Waals surface area (Å²) in [5.41, 5.74) is 1.84. The molecule has 0 bridgehead atoms. The molecular weight excluding hydrogens is 376 g/mol. The molecule has 1 unspecified atom stereocenters. The molecular formula is C22H21F2N3O2.